The zero-order chi connectivity index (χ0) is 18.4. The predicted octanol–water partition coefficient (Wildman–Crippen LogP) is 3.62. The van der Waals surface area contributed by atoms with Crippen molar-refractivity contribution < 1.29 is 14.3 Å². The number of benzene rings is 2. The molecule has 1 saturated heterocycles. The minimum Gasteiger partial charge on any atom is -0.410 e. The van der Waals surface area contributed by atoms with Crippen LogP contribution in [0.5, 0.6) is 5.75 Å². The second kappa shape index (κ2) is 8.72. The number of carbonyl (C=O) groups is 2. The van der Waals surface area contributed by atoms with Crippen molar-refractivity contribution in [2.24, 2.45) is 0 Å². The maximum Gasteiger partial charge on any atom is 0.415 e. The van der Waals surface area contributed by atoms with E-state index >= 15 is 0 Å². The van der Waals surface area contributed by atoms with E-state index in [4.69, 9.17) is 16.3 Å². The molecule has 26 heavy (non-hydrogen) atoms. The Labute approximate surface area is 158 Å². The van der Waals surface area contributed by atoms with Crippen LogP contribution in [-0.2, 0) is 11.2 Å². The predicted molar refractivity (Wildman–Crippen MR) is 100 cm³/mol. The number of para-hydroxylation sites is 1. The molecule has 0 aliphatic carbocycles. The lowest BCUT2D eigenvalue weighted by molar-refractivity contribution is -0.130. The third-order valence-electron chi connectivity index (χ3n) is 4.30. The van der Waals surface area contributed by atoms with E-state index in [-0.39, 0.29) is 12.0 Å². The van der Waals surface area contributed by atoms with Crippen LogP contribution in [0.2, 0.25) is 5.02 Å². The standard InChI is InChI=1S/C20H21ClN2O3/c21-17-7-4-6-16(14-17)15-19(24)22-10-5-11-23(13-12-22)20(25)26-18-8-2-1-3-9-18/h1-4,6-9,14H,5,10-13,15H2. The van der Waals surface area contributed by atoms with Crippen LogP contribution in [0.15, 0.2) is 54.6 Å². The van der Waals surface area contributed by atoms with E-state index in [1.165, 1.54) is 0 Å². The van der Waals surface area contributed by atoms with Crippen molar-refractivity contribution in [3.05, 3.63) is 65.2 Å². The lowest BCUT2D eigenvalue weighted by Gasteiger charge is -2.22. The Bertz CT molecular complexity index is 767. The van der Waals surface area contributed by atoms with Crippen LogP contribution in [0, 0.1) is 0 Å². The van der Waals surface area contributed by atoms with E-state index in [1.807, 2.05) is 30.3 Å². The number of ether oxygens (including phenoxy) is 1. The minimum atomic E-state index is -0.375. The number of halogens is 1. The zero-order valence-electron chi connectivity index (χ0n) is 14.4. The van der Waals surface area contributed by atoms with E-state index in [1.54, 1.807) is 34.1 Å². The molecule has 1 fully saturated rings. The summed E-state index contributed by atoms with van der Waals surface area (Å²) in [6.07, 6.45) is 0.667. The third-order valence-corrected chi connectivity index (χ3v) is 4.53. The molecule has 5 nitrogen and oxygen atoms in total. The van der Waals surface area contributed by atoms with Crippen molar-refractivity contribution in [2.45, 2.75) is 12.8 Å². The Hall–Kier alpha value is -2.53. The van der Waals surface area contributed by atoms with Gasteiger partial charge in [-0.2, -0.15) is 0 Å². The molecule has 1 aliphatic rings. The summed E-state index contributed by atoms with van der Waals surface area (Å²) < 4.78 is 5.38. The summed E-state index contributed by atoms with van der Waals surface area (Å²) in [6, 6.07) is 16.3. The lowest BCUT2D eigenvalue weighted by Crippen LogP contribution is -2.39. The number of amides is 2. The van der Waals surface area contributed by atoms with Gasteiger partial charge in [0, 0.05) is 31.2 Å². The van der Waals surface area contributed by atoms with E-state index < -0.39 is 0 Å². The smallest absolute Gasteiger partial charge is 0.410 e. The summed E-state index contributed by atoms with van der Waals surface area (Å²) in [7, 11) is 0. The molecule has 0 aromatic heterocycles. The van der Waals surface area contributed by atoms with Crippen molar-refractivity contribution in [1.82, 2.24) is 9.80 Å². The second-order valence-electron chi connectivity index (χ2n) is 6.21. The fourth-order valence-electron chi connectivity index (χ4n) is 2.94. The van der Waals surface area contributed by atoms with Gasteiger partial charge in [0.25, 0.3) is 0 Å². The van der Waals surface area contributed by atoms with Gasteiger partial charge in [-0.3, -0.25) is 4.79 Å². The van der Waals surface area contributed by atoms with Gasteiger partial charge in [0.15, 0.2) is 0 Å². The van der Waals surface area contributed by atoms with Gasteiger partial charge >= 0.3 is 6.09 Å². The minimum absolute atomic E-state index is 0.0468. The van der Waals surface area contributed by atoms with Crippen molar-refractivity contribution >= 4 is 23.6 Å². The van der Waals surface area contributed by atoms with Crippen LogP contribution in [0.3, 0.4) is 0 Å². The first kappa shape index (κ1) is 18.3. The lowest BCUT2D eigenvalue weighted by atomic mass is 10.1. The quantitative estimate of drug-likeness (QED) is 0.826. The van der Waals surface area contributed by atoms with Crippen molar-refractivity contribution in [2.75, 3.05) is 26.2 Å². The Morgan fingerprint density at radius 1 is 0.923 bits per heavy atom. The van der Waals surface area contributed by atoms with Gasteiger partial charge in [0.05, 0.1) is 6.42 Å². The number of hydrogen-bond acceptors (Lipinski definition) is 3. The van der Waals surface area contributed by atoms with Crippen LogP contribution in [0.4, 0.5) is 4.79 Å². The normalized spacial score (nSPS) is 14.7. The van der Waals surface area contributed by atoms with Crippen molar-refractivity contribution in [3.63, 3.8) is 0 Å². The van der Waals surface area contributed by atoms with Gasteiger partial charge < -0.3 is 14.5 Å². The molecule has 6 heteroatoms. The van der Waals surface area contributed by atoms with E-state index in [2.05, 4.69) is 0 Å². The molecule has 3 rings (SSSR count). The average molecular weight is 373 g/mol. The largest absolute Gasteiger partial charge is 0.415 e. The maximum absolute atomic E-state index is 12.5. The van der Waals surface area contributed by atoms with E-state index in [9.17, 15) is 9.59 Å². The second-order valence-corrected chi connectivity index (χ2v) is 6.65. The molecule has 0 bridgehead atoms. The molecule has 2 aromatic rings. The molecular weight excluding hydrogens is 352 g/mol. The molecular formula is C20H21ClN2O3. The molecule has 0 saturated carbocycles. The summed E-state index contributed by atoms with van der Waals surface area (Å²) in [6.45, 7) is 2.18. The Morgan fingerprint density at radius 3 is 2.42 bits per heavy atom. The summed E-state index contributed by atoms with van der Waals surface area (Å²) in [5.74, 6) is 0.571. The summed E-state index contributed by atoms with van der Waals surface area (Å²) in [5, 5.41) is 0.626. The molecule has 136 valence electrons. The number of nitrogens with zero attached hydrogens (tertiary/aromatic N) is 2. The average Bonchev–Trinajstić information content (AvgIpc) is 2.89. The number of rotatable bonds is 3. The molecule has 0 N–H and O–H groups in total. The Morgan fingerprint density at radius 2 is 1.65 bits per heavy atom. The number of carbonyl (C=O) groups excluding carboxylic acids is 2. The molecule has 0 atom stereocenters. The van der Waals surface area contributed by atoms with Gasteiger partial charge in [-0.05, 0) is 36.2 Å². The Kier molecular flexibility index (Phi) is 6.12. The van der Waals surface area contributed by atoms with Gasteiger partial charge in [0.2, 0.25) is 5.91 Å². The van der Waals surface area contributed by atoms with Crippen LogP contribution in [-0.4, -0.2) is 48.0 Å². The van der Waals surface area contributed by atoms with Crippen LogP contribution >= 0.6 is 11.6 Å². The highest BCUT2D eigenvalue weighted by Crippen LogP contribution is 2.14. The van der Waals surface area contributed by atoms with Crippen LogP contribution < -0.4 is 4.74 Å². The molecule has 2 aromatic carbocycles. The molecule has 0 spiro atoms. The monoisotopic (exact) mass is 372 g/mol. The zero-order valence-corrected chi connectivity index (χ0v) is 15.2. The maximum atomic E-state index is 12.5. The highest BCUT2D eigenvalue weighted by atomic mass is 35.5. The SMILES string of the molecule is O=C(Cc1cccc(Cl)c1)N1CCCN(C(=O)Oc2ccccc2)CC1. The fraction of sp³-hybridized carbons (Fsp3) is 0.300. The first-order chi connectivity index (χ1) is 12.6. The van der Waals surface area contributed by atoms with Crippen molar-refractivity contribution in [3.8, 4) is 5.75 Å². The van der Waals surface area contributed by atoms with Gasteiger partial charge in [-0.25, -0.2) is 4.79 Å². The first-order valence-electron chi connectivity index (χ1n) is 8.66. The molecule has 1 heterocycles. The van der Waals surface area contributed by atoms with Gasteiger partial charge in [0.1, 0.15) is 5.75 Å². The van der Waals surface area contributed by atoms with E-state index in [0.717, 1.165) is 12.0 Å². The first-order valence-corrected chi connectivity index (χ1v) is 9.03. The third kappa shape index (κ3) is 4.99. The fourth-order valence-corrected chi connectivity index (χ4v) is 3.15. The molecule has 0 unspecified atom stereocenters. The summed E-state index contributed by atoms with van der Waals surface area (Å²) in [5.41, 5.74) is 0.895. The highest BCUT2D eigenvalue weighted by Gasteiger charge is 2.23. The number of hydrogen-bond donors (Lipinski definition) is 0. The van der Waals surface area contributed by atoms with Crippen molar-refractivity contribution in [1.29, 1.82) is 0 Å². The van der Waals surface area contributed by atoms with Gasteiger partial charge in [-0.1, -0.05) is 41.9 Å². The van der Waals surface area contributed by atoms with Crippen LogP contribution in [0.1, 0.15) is 12.0 Å². The summed E-state index contributed by atoms with van der Waals surface area (Å²) in [4.78, 5) is 28.3. The van der Waals surface area contributed by atoms with E-state index in [0.29, 0.717) is 43.4 Å². The molecule has 1 aliphatic heterocycles. The Balaban J connectivity index is 1.54. The van der Waals surface area contributed by atoms with Gasteiger partial charge in [-0.15, -0.1) is 0 Å². The molecule has 2 amide bonds. The highest BCUT2D eigenvalue weighted by molar-refractivity contribution is 6.30. The molecule has 0 radical (unpaired) electrons. The topological polar surface area (TPSA) is 49.9 Å². The van der Waals surface area contributed by atoms with Crippen LogP contribution in [0.25, 0.3) is 0 Å². The summed E-state index contributed by atoms with van der Waals surface area (Å²) >= 11 is 5.98.